The number of para-hydroxylation sites is 1. The van der Waals surface area contributed by atoms with Crippen LogP contribution >= 0.6 is 0 Å². The van der Waals surface area contributed by atoms with E-state index in [0.717, 1.165) is 5.56 Å². The Bertz CT molecular complexity index is 505. The first-order chi connectivity index (χ1) is 9.61. The van der Waals surface area contributed by atoms with Gasteiger partial charge in [-0.15, -0.1) is 0 Å². The number of carboxylic acid groups (broad SMARTS) is 1. The molecule has 108 valence electrons. The maximum atomic E-state index is 11.8. The summed E-state index contributed by atoms with van der Waals surface area (Å²) in [6.45, 7) is -0.183. The zero-order chi connectivity index (χ0) is 14.5. The van der Waals surface area contributed by atoms with Crippen molar-refractivity contribution in [1.82, 2.24) is 10.6 Å². The third-order valence-electron chi connectivity index (χ3n) is 3.05. The molecule has 2 amide bonds. The van der Waals surface area contributed by atoms with E-state index in [2.05, 4.69) is 10.6 Å². The van der Waals surface area contributed by atoms with E-state index < -0.39 is 24.6 Å². The minimum Gasteiger partial charge on any atom is -0.493 e. The van der Waals surface area contributed by atoms with Crippen LogP contribution in [0, 0.1) is 0 Å². The SMILES string of the molecule is O=C(NC(CO)C(=O)O)NC1CCOc2ccccc21. The first-order valence-corrected chi connectivity index (χ1v) is 6.24. The molecule has 1 aliphatic rings. The average Bonchev–Trinajstić information content (AvgIpc) is 2.45. The molecule has 1 aromatic rings. The third kappa shape index (κ3) is 3.18. The molecule has 0 radical (unpaired) electrons. The molecule has 7 heteroatoms. The van der Waals surface area contributed by atoms with Gasteiger partial charge in [-0.05, 0) is 6.07 Å². The van der Waals surface area contributed by atoms with E-state index >= 15 is 0 Å². The third-order valence-corrected chi connectivity index (χ3v) is 3.05. The number of aliphatic carboxylic acids is 1. The van der Waals surface area contributed by atoms with Crippen molar-refractivity contribution >= 4 is 12.0 Å². The summed E-state index contributed by atoms with van der Waals surface area (Å²) in [5, 5.41) is 22.5. The molecule has 0 bridgehead atoms. The summed E-state index contributed by atoms with van der Waals surface area (Å²) in [5.41, 5.74) is 0.852. The van der Waals surface area contributed by atoms with Gasteiger partial charge in [-0.3, -0.25) is 0 Å². The second kappa shape index (κ2) is 6.25. The van der Waals surface area contributed by atoms with Crippen LogP contribution in [0.3, 0.4) is 0 Å². The molecule has 20 heavy (non-hydrogen) atoms. The Morgan fingerprint density at radius 1 is 1.40 bits per heavy atom. The molecule has 1 aromatic carbocycles. The topological polar surface area (TPSA) is 108 Å². The predicted octanol–water partition coefficient (Wildman–Crippen LogP) is 0.255. The molecule has 0 aliphatic carbocycles. The smallest absolute Gasteiger partial charge is 0.328 e. The first kappa shape index (κ1) is 14.1. The number of carbonyl (C=O) groups is 2. The highest BCUT2D eigenvalue weighted by Crippen LogP contribution is 2.31. The summed E-state index contributed by atoms with van der Waals surface area (Å²) < 4.78 is 5.47. The molecule has 4 N–H and O–H groups in total. The van der Waals surface area contributed by atoms with Gasteiger partial charge in [0, 0.05) is 12.0 Å². The number of hydrogen-bond donors (Lipinski definition) is 4. The number of nitrogens with one attached hydrogen (secondary N) is 2. The number of amides is 2. The zero-order valence-electron chi connectivity index (χ0n) is 10.7. The number of benzene rings is 1. The number of aliphatic hydroxyl groups excluding tert-OH is 1. The lowest BCUT2D eigenvalue weighted by molar-refractivity contribution is -0.140. The summed E-state index contributed by atoms with van der Waals surface area (Å²) in [6.07, 6.45) is 0.599. The largest absolute Gasteiger partial charge is 0.493 e. The maximum absolute atomic E-state index is 11.8. The van der Waals surface area contributed by atoms with Gasteiger partial charge in [-0.1, -0.05) is 18.2 Å². The van der Waals surface area contributed by atoms with Crippen molar-refractivity contribution in [3.05, 3.63) is 29.8 Å². The first-order valence-electron chi connectivity index (χ1n) is 6.24. The highest BCUT2D eigenvalue weighted by Gasteiger charge is 2.24. The monoisotopic (exact) mass is 280 g/mol. The lowest BCUT2D eigenvalue weighted by Crippen LogP contribution is -2.49. The van der Waals surface area contributed by atoms with Gasteiger partial charge in [0.2, 0.25) is 0 Å². The molecule has 0 fully saturated rings. The van der Waals surface area contributed by atoms with Gasteiger partial charge in [0.25, 0.3) is 0 Å². The summed E-state index contributed by atoms with van der Waals surface area (Å²) in [5.74, 6) is -0.573. The van der Waals surface area contributed by atoms with Crippen LogP contribution in [-0.4, -0.2) is 41.5 Å². The number of carbonyl (C=O) groups excluding carboxylic acids is 1. The van der Waals surface area contributed by atoms with E-state index in [1.54, 1.807) is 0 Å². The second-order valence-corrected chi connectivity index (χ2v) is 4.42. The molecular weight excluding hydrogens is 264 g/mol. The van der Waals surface area contributed by atoms with E-state index in [0.29, 0.717) is 18.8 Å². The normalized spacial score (nSPS) is 18.4. The van der Waals surface area contributed by atoms with Gasteiger partial charge in [-0.2, -0.15) is 0 Å². The molecule has 1 heterocycles. The number of rotatable bonds is 4. The van der Waals surface area contributed by atoms with Gasteiger partial charge in [-0.25, -0.2) is 9.59 Å². The number of hydrogen-bond acceptors (Lipinski definition) is 4. The lowest BCUT2D eigenvalue weighted by atomic mass is 10.0. The van der Waals surface area contributed by atoms with E-state index in [-0.39, 0.29) is 6.04 Å². The molecular formula is C13H16N2O5. The summed E-state index contributed by atoms with van der Waals surface area (Å²) in [6, 6.07) is 5.16. The number of fused-ring (bicyclic) bond motifs is 1. The van der Waals surface area contributed by atoms with Crippen molar-refractivity contribution in [2.75, 3.05) is 13.2 Å². The Morgan fingerprint density at radius 2 is 2.15 bits per heavy atom. The van der Waals surface area contributed by atoms with Crippen molar-refractivity contribution in [3.8, 4) is 5.75 Å². The van der Waals surface area contributed by atoms with Crippen LogP contribution in [0.4, 0.5) is 4.79 Å². The Labute approximate surface area is 115 Å². The van der Waals surface area contributed by atoms with E-state index in [1.165, 1.54) is 0 Å². The number of carboxylic acids is 1. The molecule has 0 saturated carbocycles. The predicted molar refractivity (Wildman–Crippen MR) is 69.5 cm³/mol. The van der Waals surface area contributed by atoms with Gasteiger partial charge < -0.3 is 25.6 Å². The van der Waals surface area contributed by atoms with Crippen LogP contribution in [0.1, 0.15) is 18.0 Å². The molecule has 2 atom stereocenters. The fourth-order valence-electron chi connectivity index (χ4n) is 2.04. The number of aliphatic hydroxyl groups is 1. The fraction of sp³-hybridized carbons (Fsp3) is 0.385. The second-order valence-electron chi connectivity index (χ2n) is 4.42. The molecule has 1 aliphatic heterocycles. The van der Waals surface area contributed by atoms with Crippen molar-refractivity contribution in [2.45, 2.75) is 18.5 Å². The average molecular weight is 280 g/mol. The van der Waals surface area contributed by atoms with E-state index in [1.807, 2.05) is 24.3 Å². The van der Waals surface area contributed by atoms with Crippen molar-refractivity contribution < 1.29 is 24.5 Å². The standard InChI is InChI=1S/C13H16N2O5/c16-7-10(12(17)18)15-13(19)14-9-5-6-20-11-4-2-1-3-8(9)11/h1-4,9-10,16H,5-7H2,(H,17,18)(H2,14,15,19). The Morgan fingerprint density at radius 3 is 2.85 bits per heavy atom. The summed E-state index contributed by atoms with van der Waals surface area (Å²) >= 11 is 0. The molecule has 0 aromatic heterocycles. The van der Waals surface area contributed by atoms with E-state index in [4.69, 9.17) is 14.9 Å². The summed E-state index contributed by atoms with van der Waals surface area (Å²) in [4.78, 5) is 22.5. The summed E-state index contributed by atoms with van der Waals surface area (Å²) in [7, 11) is 0. The van der Waals surface area contributed by atoms with Gasteiger partial charge >= 0.3 is 12.0 Å². The van der Waals surface area contributed by atoms with Crippen molar-refractivity contribution in [3.63, 3.8) is 0 Å². The van der Waals surface area contributed by atoms with Crippen LogP contribution in [0.15, 0.2) is 24.3 Å². The van der Waals surface area contributed by atoms with Crippen LogP contribution in [0.5, 0.6) is 5.75 Å². The minimum absolute atomic E-state index is 0.243. The fourth-order valence-corrected chi connectivity index (χ4v) is 2.04. The van der Waals surface area contributed by atoms with Crippen LogP contribution < -0.4 is 15.4 Å². The quantitative estimate of drug-likeness (QED) is 0.632. The highest BCUT2D eigenvalue weighted by molar-refractivity contribution is 5.82. The Hall–Kier alpha value is -2.28. The minimum atomic E-state index is -1.31. The molecule has 2 unspecified atom stereocenters. The number of ether oxygens (including phenoxy) is 1. The van der Waals surface area contributed by atoms with Crippen LogP contribution in [0.2, 0.25) is 0 Å². The van der Waals surface area contributed by atoms with Crippen molar-refractivity contribution in [2.24, 2.45) is 0 Å². The Kier molecular flexibility index (Phi) is 4.41. The maximum Gasteiger partial charge on any atom is 0.328 e. The molecule has 0 saturated heterocycles. The highest BCUT2D eigenvalue weighted by atomic mass is 16.5. The Balaban J connectivity index is 2.01. The molecule has 2 rings (SSSR count). The molecule has 7 nitrogen and oxygen atoms in total. The molecule has 0 spiro atoms. The zero-order valence-corrected chi connectivity index (χ0v) is 10.7. The van der Waals surface area contributed by atoms with Crippen LogP contribution in [0.25, 0.3) is 0 Å². The van der Waals surface area contributed by atoms with Gasteiger partial charge in [0.1, 0.15) is 5.75 Å². The van der Waals surface area contributed by atoms with Crippen LogP contribution in [-0.2, 0) is 4.79 Å². The van der Waals surface area contributed by atoms with Crippen molar-refractivity contribution in [1.29, 1.82) is 0 Å². The number of urea groups is 1. The lowest BCUT2D eigenvalue weighted by Gasteiger charge is -2.27. The van der Waals surface area contributed by atoms with Gasteiger partial charge in [0.05, 0.1) is 19.3 Å². The van der Waals surface area contributed by atoms with E-state index in [9.17, 15) is 9.59 Å². The van der Waals surface area contributed by atoms with Gasteiger partial charge in [0.15, 0.2) is 6.04 Å².